The maximum atomic E-state index is 12.3. The van der Waals surface area contributed by atoms with Crippen molar-refractivity contribution in [1.82, 2.24) is 20.1 Å². The summed E-state index contributed by atoms with van der Waals surface area (Å²) in [6, 6.07) is 7.29. The van der Waals surface area contributed by atoms with Gasteiger partial charge in [0.05, 0.1) is 23.7 Å². The molecule has 0 aliphatic heterocycles. The Morgan fingerprint density at radius 3 is 2.96 bits per heavy atom. The molecular formula is C17H18ClN5O2S. The van der Waals surface area contributed by atoms with Gasteiger partial charge < -0.3 is 9.73 Å². The summed E-state index contributed by atoms with van der Waals surface area (Å²) in [6.07, 6.45) is 2.47. The fourth-order valence-electron chi connectivity index (χ4n) is 2.41. The molecule has 3 rings (SSSR count). The Balaban J connectivity index is 1.62. The van der Waals surface area contributed by atoms with Crippen LogP contribution in [0.3, 0.4) is 0 Å². The molecule has 0 unspecified atom stereocenters. The molecule has 3 aromatic heterocycles. The van der Waals surface area contributed by atoms with Crippen molar-refractivity contribution in [2.24, 2.45) is 0 Å². The minimum atomic E-state index is -0.175. The molecule has 0 aliphatic rings. The second-order valence-electron chi connectivity index (χ2n) is 5.58. The monoisotopic (exact) mass is 391 g/mol. The van der Waals surface area contributed by atoms with E-state index in [1.165, 1.54) is 11.3 Å². The molecule has 3 heterocycles. The van der Waals surface area contributed by atoms with Crippen molar-refractivity contribution in [3.63, 3.8) is 0 Å². The summed E-state index contributed by atoms with van der Waals surface area (Å²) in [7, 11) is 0. The van der Waals surface area contributed by atoms with Gasteiger partial charge in [0.25, 0.3) is 5.89 Å². The predicted octanol–water partition coefficient (Wildman–Crippen LogP) is 3.70. The fourth-order valence-corrected chi connectivity index (χ4v) is 3.22. The lowest BCUT2D eigenvalue weighted by molar-refractivity contribution is -0.117. The van der Waals surface area contributed by atoms with E-state index >= 15 is 0 Å². The van der Waals surface area contributed by atoms with Crippen LogP contribution in [0.4, 0.5) is 5.69 Å². The van der Waals surface area contributed by atoms with Gasteiger partial charge in [-0.05, 0) is 36.5 Å². The molecule has 26 heavy (non-hydrogen) atoms. The van der Waals surface area contributed by atoms with E-state index in [0.717, 1.165) is 17.8 Å². The van der Waals surface area contributed by atoms with Crippen LogP contribution >= 0.6 is 22.9 Å². The number of halogens is 1. The van der Waals surface area contributed by atoms with Gasteiger partial charge in [0, 0.05) is 6.20 Å². The minimum absolute atomic E-state index is 0.175. The predicted molar refractivity (Wildman–Crippen MR) is 101 cm³/mol. The quantitative estimate of drug-likeness (QED) is 0.589. The molecule has 0 radical (unpaired) electrons. The molecule has 0 spiro atoms. The van der Waals surface area contributed by atoms with Gasteiger partial charge in [0.2, 0.25) is 11.8 Å². The van der Waals surface area contributed by atoms with E-state index in [1.807, 2.05) is 29.3 Å². The highest BCUT2D eigenvalue weighted by Crippen LogP contribution is 2.23. The number of amides is 1. The van der Waals surface area contributed by atoms with E-state index in [0.29, 0.717) is 24.0 Å². The van der Waals surface area contributed by atoms with E-state index in [1.54, 1.807) is 18.3 Å². The van der Waals surface area contributed by atoms with Crippen molar-refractivity contribution in [3.8, 4) is 10.8 Å². The van der Waals surface area contributed by atoms with Crippen molar-refractivity contribution in [2.45, 2.75) is 19.9 Å². The van der Waals surface area contributed by atoms with Crippen molar-refractivity contribution < 1.29 is 9.21 Å². The van der Waals surface area contributed by atoms with Crippen molar-refractivity contribution in [1.29, 1.82) is 0 Å². The van der Waals surface area contributed by atoms with E-state index in [4.69, 9.17) is 16.0 Å². The lowest BCUT2D eigenvalue weighted by Crippen LogP contribution is -2.33. The molecule has 0 saturated heterocycles. The largest absolute Gasteiger partial charge is 0.419 e. The van der Waals surface area contributed by atoms with E-state index < -0.39 is 0 Å². The lowest BCUT2D eigenvalue weighted by Gasteiger charge is -2.19. The van der Waals surface area contributed by atoms with Crippen LogP contribution in [-0.4, -0.2) is 39.1 Å². The van der Waals surface area contributed by atoms with Gasteiger partial charge in [0.1, 0.15) is 0 Å². The molecular weight excluding hydrogens is 374 g/mol. The second-order valence-corrected chi connectivity index (χ2v) is 6.88. The molecule has 9 heteroatoms. The number of carbonyl (C=O) groups is 1. The van der Waals surface area contributed by atoms with Gasteiger partial charge in [-0.25, -0.2) is 4.98 Å². The first-order chi connectivity index (χ1) is 12.7. The number of pyridine rings is 1. The molecule has 136 valence electrons. The van der Waals surface area contributed by atoms with Crippen LogP contribution in [0.15, 0.2) is 40.3 Å². The molecule has 0 saturated carbocycles. The highest BCUT2D eigenvalue weighted by atomic mass is 35.5. The Hall–Kier alpha value is -2.29. The second kappa shape index (κ2) is 8.88. The first-order valence-corrected chi connectivity index (χ1v) is 9.40. The fraction of sp³-hybridized carbons (Fsp3) is 0.294. The first kappa shape index (κ1) is 18.5. The molecule has 0 aliphatic carbocycles. The van der Waals surface area contributed by atoms with Crippen LogP contribution in [0.2, 0.25) is 5.15 Å². The number of rotatable bonds is 8. The number of carbonyl (C=O) groups excluding carboxylic acids is 1. The van der Waals surface area contributed by atoms with Crippen molar-refractivity contribution in [2.75, 3.05) is 18.4 Å². The Labute approximate surface area is 160 Å². The number of thiophene rings is 1. The third-order valence-electron chi connectivity index (χ3n) is 3.50. The SMILES string of the molecule is CCCN(CC(=O)Nc1cccnc1Cl)Cc1nnc(-c2cccs2)o1. The van der Waals surface area contributed by atoms with Gasteiger partial charge in [-0.1, -0.05) is 24.6 Å². The highest BCUT2D eigenvalue weighted by molar-refractivity contribution is 7.13. The normalized spacial score (nSPS) is 11.0. The maximum absolute atomic E-state index is 12.3. The summed E-state index contributed by atoms with van der Waals surface area (Å²) < 4.78 is 5.71. The zero-order chi connectivity index (χ0) is 18.4. The molecule has 1 N–H and O–H groups in total. The van der Waals surface area contributed by atoms with Crippen molar-refractivity contribution >= 4 is 34.5 Å². The average molecular weight is 392 g/mol. The molecule has 1 amide bonds. The Morgan fingerprint density at radius 2 is 2.23 bits per heavy atom. The lowest BCUT2D eigenvalue weighted by atomic mass is 10.3. The smallest absolute Gasteiger partial charge is 0.257 e. The third-order valence-corrected chi connectivity index (χ3v) is 4.66. The van der Waals surface area contributed by atoms with Crippen LogP contribution in [0.5, 0.6) is 0 Å². The number of nitrogens with one attached hydrogen (secondary N) is 1. The Kier molecular flexibility index (Phi) is 6.32. The number of hydrogen-bond acceptors (Lipinski definition) is 7. The summed E-state index contributed by atoms with van der Waals surface area (Å²) in [5.41, 5.74) is 0.494. The number of hydrogen-bond donors (Lipinski definition) is 1. The molecule has 0 fully saturated rings. The summed E-state index contributed by atoms with van der Waals surface area (Å²) >= 11 is 7.52. The van der Waals surface area contributed by atoms with Crippen LogP contribution in [0.25, 0.3) is 10.8 Å². The van der Waals surface area contributed by atoms with Gasteiger partial charge in [-0.3, -0.25) is 9.69 Å². The molecule has 3 aromatic rings. The van der Waals surface area contributed by atoms with Gasteiger partial charge in [-0.2, -0.15) is 0 Å². The Bertz CT molecular complexity index is 852. The zero-order valence-electron chi connectivity index (χ0n) is 14.2. The maximum Gasteiger partial charge on any atom is 0.257 e. The van der Waals surface area contributed by atoms with E-state index in [9.17, 15) is 4.79 Å². The summed E-state index contributed by atoms with van der Waals surface area (Å²) in [6.45, 7) is 3.37. The standard InChI is InChI=1S/C17H18ClN5O2S/c1-2-8-23(10-14(24)20-12-5-3-7-19-16(12)18)11-15-21-22-17(25-15)13-6-4-9-26-13/h3-7,9H,2,8,10-11H2,1H3,(H,20,24). The van der Waals surface area contributed by atoms with Crippen molar-refractivity contribution in [3.05, 3.63) is 46.9 Å². The van der Waals surface area contributed by atoms with Gasteiger partial charge >= 0.3 is 0 Å². The number of aromatic nitrogens is 3. The van der Waals surface area contributed by atoms with Gasteiger partial charge in [0.15, 0.2) is 5.15 Å². The van der Waals surface area contributed by atoms with Crippen LogP contribution in [0.1, 0.15) is 19.2 Å². The highest BCUT2D eigenvalue weighted by Gasteiger charge is 2.16. The average Bonchev–Trinajstić information content (AvgIpc) is 3.28. The molecule has 7 nitrogen and oxygen atoms in total. The minimum Gasteiger partial charge on any atom is -0.419 e. The Morgan fingerprint density at radius 1 is 1.35 bits per heavy atom. The van der Waals surface area contributed by atoms with Crippen LogP contribution in [0, 0.1) is 0 Å². The third kappa shape index (κ3) is 4.87. The summed E-state index contributed by atoms with van der Waals surface area (Å²) in [4.78, 5) is 19.2. The van der Waals surface area contributed by atoms with E-state index in [2.05, 4.69) is 20.5 Å². The topological polar surface area (TPSA) is 84.2 Å². The van der Waals surface area contributed by atoms with Gasteiger partial charge in [-0.15, -0.1) is 21.5 Å². The van der Waals surface area contributed by atoms with Crippen LogP contribution in [-0.2, 0) is 11.3 Å². The van der Waals surface area contributed by atoms with Crippen LogP contribution < -0.4 is 5.32 Å². The first-order valence-electron chi connectivity index (χ1n) is 8.14. The van der Waals surface area contributed by atoms with E-state index in [-0.39, 0.29) is 17.6 Å². The summed E-state index contributed by atoms with van der Waals surface area (Å²) in [5.74, 6) is 0.804. The molecule has 0 aromatic carbocycles. The molecule has 0 bridgehead atoms. The zero-order valence-corrected chi connectivity index (χ0v) is 15.8. The number of nitrogens with zero attached hydrogens (tertiary/aromatic N) is 4. The summed E-state index contributed by atoms with van der Waals surface area (Å²) in [5, 5.41) is 13.1. The molecule has 0 atom stereocenters. The number of anilines is 1.